The SMILES string of the molecule is O=C(CN(CC1CCOC1)C1CC1)Nc1ccc(F)cc1F. The van der Waals surface area contributed by atoms with E-state index in [2.05, 4.69) is 10.2 Å². The Kier molecular flexibility index (Phi) is 4.69. The van der Waals surface area contributed by atoms with Crippen molar-refractivity contribution in [3.63, 3.8) is 0 Å². The van der Waals surface area contributed by atoms with Gasteiger partial charge in [-0.25, -0.2) is 8.78 Å². The molecule has 2 aliphatic rings. The minimum atomic E-state index is -0.754. The predicted octanol–water partition coefficient (Wildman–Crippen LogP) is 2.40. The summed E-state index contributed by atoms with van der Waals surface area (Å²) in [5.41, 5.74) is 0.0198. The summed E-state index contributed by atoms with van der Waals surface area (Å²) >= 11 is 0. The first-order chi connectivity index (χ1) is 10.6. The minimum Gasteiger partial charge on any atom is -0.381 e. The maximum absolute atomic E-state index is 13.6. The average molecular weight is 310 g/mol. The van der Waals surface area contributed by atoms with E-state index in [0.717, 1.165) is 51.2 Å². The average Bonchev–Trinajstić information content (AvgIpc) is 3.20. The number of carbonyl (C=O) groups excluding carboxylic acids is 1. The third kappa shape index (κ3) is 4.01. The van der Waals surface area contributed by atoms with Crippen molar-refractivity contribution in [3.8, 4) is 0 Å². The molecule has 6 heteroatoms. The van der Waals surface area contributed by atoms with E-state index in [9.17, 15) is 13.6 Å². The Morgan fingerprint density at radius 2 is 2.14 bits per heavy atom. The summed E-state index contributed by atoms with van der Waals surface area (Å²) in [5.74, 6) is -1.21. The Labute approximate surface area is 128 Å². The number of ether oxygens (including phenoxy) is 1. The van der Waals surface area contributed by atoms with Crippen LogP contribution >= 0.6 is 0 Å². The summed E-state index contributed by atoms with van der Waals surface area (Å²) in [6.45, 7) is 2.61. The molecule has 2 fully saturated rings. The monoisotopic (exact) mass is 310 g/mol. The van der Waals surface area contributed by atoms with Gasteiger partial charge < -0.3 is 10.1 Å². The number of hydrogen-bond acceptors (Lipinski definition) is 3. The molecule has 0 aromatic heterocycles. The fraction of sp³-hybridized carbons (Fsp3) is 0.562. The number of anilines is 1. The lowest BCUT2D eigenvalue weighted by Crippen LogP contribution is -2.38. The second kappa shape index (κ2) is 6.71. The molecule has 1 saturated heterocycles. The van der Waals surface area contributed by atoms with Crippen molar-refractivity contribution in [1.29, 1.82) is 0 Å². The van der Waals surface area contributed by atoms with Gasteiger partial charge in [0.1, 0.15) is 11.6 Å². The van der Waals surface area contributed by atoms with Gasteiger partial charge in [-0.15, -0.1) is 0 Å². The Morgan fingerprint density at radius 3 is 2.77 bits per heavy atom. The summed E-state index contributed by atoms with van der Waals surface area (Å²) in [4.78, 5) is 14.3. The molecule has 1 aliphatic heterocycles. The van der Waals surface area contributed by atoms with E-state index in [1.54, 1.807) is 0 Å². The van der Waals surface area contributed by atoms with Crippen LogP contribution in [-0.4, -0.2) is 43.2 Å². The van der Waals surface area contributed by atoms with Crippen LogP contribution in [0.4, 0.5) is 14.5 Å². The van der Waals surface area contributed by atoms with Crippen molar-refractivity contribution in [2.24, 2.45) is 5.92 Å². The van der Waals surface area contributed by atoms with Crippen molar-refractivity contribution in [2.45, 2.75) is 25.3 Å². The van der Waals surface area contributed by atoms with E-state index in [0.29, 0.717) is 12.0 Å². The van der Waals surface area contributed by atoms with Crippen LogP contribution in [0.3, 0.4) is 0 Å². The van der Waals surface area contributed by atoms with E-state index >= 15 is 0 Å². The summed E-state index contributed by atoms with van der Waals surface area (Å²) in [6.07, 6.45) is 3.23. The molecule has 120 valence electrons. The number of benzene rings is 1. The Morgan fingerprint density at radius 1 is 1.32 bits per heavy atom. The molecular formula is C16H20F2N2O2. The largest absolute Gasteiger partial charge is 0.381 e. The normalized spacial score (nSPS) is 21.3. The zero-order valence-electron chi connectivity index (χ0n) is 12.4. The first-order valence-corrected chi connectivity index (χ1v) is 7.68. The van der Waals surface area contributed by atoms with Gasteiger partial charge in [0.25, 0.3) is 0 Å². The molecule has 0 bridgehead atoms. The number of amides is 1. The van der Waals surface area contributed by atoms with Crippen molar-refractivity contribution in [3.05, 3.63) is 29.8 Å². The maximum Gasteiger partial charge on any atom is 0.238 e. The Hall–Kier alpha value is -1.53. The third-order valence-electron chi connectivity index (χ3n) is 4.13. The lowest BCUT2D eigenvalue weighted by Gasteiger charge is -2.24. The standard InChI is InChI=1S/C16H20F2N2O2/c17-12-1-4-15(14(18)7-12)19-16(21)9-20(13-2-3-13)8-11-5-6-22-10-11/h1,4,7,11,13H,2-3,5-6,8-10H2,(H,19,21). The quantitative estimate of drug-likeness (QED) is 0.877. The van der Waals surface area contributed by atoms with E-state index in [1.165, 1.54) is 6.07 Å². The number of carbonyl (C=O) groups is 1. The topological polar surface area (TPSA) is 41.6 Å². The first-order valence-electron chi connectivity index (χ1n) is 7.68. The fourth-order valence-corrected chi connectivity index (χ4v) is 2.81. The molecule has 3 rings (SSSR count). The molecule has 1 heterocycles. The Bertz CT molecular complexity index is 543. The summed E-state index contributed by atoms with van der Waals surface area (Å²) < 4.78 is 31.8. The summed E-state index contributed by atoms with van der Waals surface area (Å²) in [6, 6.07) is 3.59. The Balaban J connectivity index is 1.56. The van der Waals surface area contributed by atoms with Gasteiger partial charge in [0.2, 0.25) is 5.91 Å². The molecule has 1 aliphatic carbocycles. The molecule has 1 unspecified atom stereocenters. The van der Waals surface area contributed by atoms with Crippen LogP contribution in [0.2, 0.25) is 0 Å². The molecular weight excluding hydrogens is 290 g/mol. The molecule has 0 radical (unpaired) electrons. The molecule has 22 heavy (non-hydrogen) atoms. The molecule has 1 aromatic carbocycles. The number of hydrogen-bond donors (Lipinski definition) is 1. The van der Waals surface area contributed by atoms with E-state index in [-0.39, 0.29) is 18.1 Å². The van der Waals surface area contributed by atoms with E-state index in [4.69, 9.17) is 4.74 Å². The van der Waals surface area contributed by atoms with Crippen LogP contribution in [0.15, 0.2) is 18.2 Å². The smallest absolute Gasteiger partial charge is 0.238 e. The van der Waals surface area contributed by atoms with Crippen molar-refractivity contribution in [2.75, 3.05) is 31.6 Å². The van der Waals surface area contributed by atoms with Gasteiger partial charge in [-0.2, -0.15) is 0 Å². The zero-order valence-corrected chi connectivity index (χ0v) is 12.4. The van der Waals surface area contributed by atoms with Gasteiger partial charge in [-0.3, -0.25) is 9.69 Å². The lowest BCUT2D eigenvalue weighted by atomic mass is 10.1. The van der Waals surface area contributed by atoms with Gasteiger partial charge in [-0.05, 0) is 37.3 Å². The highest BCUT2D eigenvalue weighted by Crippen LogP contribution is 2.28. The number of nitrogens with one attached hydrogen (secondary N) is 1. The van der Waals surface area contributed by atoms with E-state index in [1.807, 2.05) is 0 Å². The van der Waals surface area contributed by atoms with Gasteiger partial charge in [0.15, 0.2) is 0 Å². The molecule has 1 amide bonds. The second-order valence-corrected chi connectivity index (χ2v) is 6.06. The molecule has 1 saturated carbocycles. The number of nitrogens with zero attached hydrogens (tertiary/aromatic N) is 1. The van der Waals surface area contributed by atoms with Crippen molar-refractivity contribution >= 4 is 11.6 Å². The van der Waals surface area contributed by atoms with E-state index < -0.39 is 11.6 Å². The third-order valence-corrected chi connectivity index (χ3v) is 4.13. The highest BCUT2D eigenvalue weighted by Gasteiger charge is 2.32. The van der Waals surface area contributed by atoms with Crippen LogP contribution in [0, 0.1) is 17.6 Å². The molecule has 1 atom stereocenters. The van der Waals surface area contributed by atoms with Crippen LogP contribution < -0.4 is 5.32 Å². The van der Waals surface area contributed by atoms with Gasteiger partial charge in [0.05, 0.1) is 18.8 Å². The zero-order chi connectivity index (χ0) is 15.5. The van der Waals surface area contributed by atoms with Gasteiger partial charge in [-0.1, -0.05) is 0 Å². The highest BCUT2D eigenvalue weighted by atomic mass is 19.1. The first kappa shape index (κ1) is 15.4. The van der Waals surface area contributed by atoms with Crippen LogP contribution in [0.5, 0.6) is 0 Å². The summed E-state index contributed by atoms with van der Waals surface area (Å²) in [5, 5.41) is 2.52. The molecule has 0 spiro atoms. The maximum atomic E-state index is 13.6. The van der Waals surface area contributed by atoms with Crippen molar-refractivity contribution < 1.29 is 18.3 Å². The van der Waals surface area contributed by atoms with Crippen LogP contribution in [0.25, 0.3) is 0 Å². The van der Waals surface area contributed by atoms with Crippen LogP contribution in [-0.2, 0) is 9.53 Å². The molecule has 1 aromatic rings. The van der Waals surface area contributed by atoms with Crippen LogP contribution in [0.1, 0.15) is 19.3 Å². The number of halogens is 2. The molecule has 1 N–H and O–H groups in total. The highest BCUT2D eigenvalue weighted by molar-refractivity contribution is 5.92. The lowest BCUT2D eigenvalue weighted by molar-refractivity contribution is -0.117. The fourth-order valence-electron chi connectivity index (χ4n) is 2.81. The van der Waals surface area contributed by atoms with Gasteiger partial charge >= 0.3 is 0 Å². The minimum absolute atomic E-state index is 0.0198. The number of rotatable bonds is 6. The van der Waals surface area contributed by atoms with Crippen molar-refractivity contribution in [1.82, 2.24) is 4.90 Å². The van der Waals surface area contributed by atoms with Gasteiger partial charge in [0, 0.05) is 25.3 Å². The summed E-state index contributed by atoms with van der Waals surface area (Å²) in [7, 11) is 0. The predicted molar refractivity (Wildman–Crippen MR) is 78.5 cm³/mol. The molecule has 4 nitrogen and oxygen atoms in total. The second-order valence-electron chi connectivity index (χ2n) is 6.06.